The van der Waals surface area contributed by atoms with Crippen molar-refractivity contribution >= 4 is 23.5 Å². The first-order valence-corrected chi connectivity index (χ1v) is 9.34. The third-order valence-corrected chi connectivity index (χ3v) is 5.93. The maximum atomic E-state index is 14.4. The molecule has 2 aliphatic rings. The second-order valence-corrected chi connectivity index (χ2v) is 7.69. The van der Waals surface area contributed by atoms with E-state index in [0.717, 1.165) is 16.0 Å². The molecule has 2 fully saturated rings. The van der Waals surface area contributed by atoms with Crippen LogP contribution in [0.1, 0.15) is 24.1 Å². The van der Waals surface area contributed by atoms with Gasteiger partial charge in [-0.3, -0.25) is 19.7 Å². The fourth-order valence-electron chi connectivity index (χ4n) is 4.47. The molecule has 1 N–H and O–H groups in total. The predicted molar refractivity (Wildman–Crippen MR) is 103 cm³/mol. The van der Waals surface area contributed by atoms with Gasteiger partial charge in [-0.05, 0) is 31.5 Å². The maximum absolute atomic E-state index is 14.4. The van der Waals surface area contributed by atoms with Gasteiger partial charge in [0.25, 0.3) is 0 Å². The Labute approximate surface area is 167 Å². The third kappa shape index (κ3) is 2.76. The van der Waals surface area contributed by atoms with Crippen LogP contribution in [0.5, 0.6) is 0 Å². The molecule has 29 heavy (non-hydrogen) atoms. The van der Waals surface area contributed by atoms with Crippen molar-refractivity contribution in [2.75, 3.05) is 12.0 Å². The molecule has 0 aromatic heterocycles. The molecule has 2 aromatic rings. The number of nitrogens with zero attached hydrogens (tertiary/aromatic N) is 1. The van der Waals surface area contributed by atoms with Gasteiger partial charge in [-0.15, -0.1) is 0 Å². The predicted octanol–water partition coefficient (Wildman–Crippen LogP) is 2.52. The minimum absolute atomic E-state index is 0.105. The normalized spacial score (nSPS) is 28.6. The zero-order valence-corrected chi connectivity index (χ0v) is 16.3. The SMILES string of the molecule is COC(=O)[C@@]1(C)N[C@@H](c2ccc(C)cc2)[C@H]2C(=O)N(c3ccccc3F)C(=O)[C@H]21. The highest BCUT2D eigenvalue weighted by molar-refractivity contribution is 6.24. The zero-order valence-electron chi connectivity index (χ0n) is 16.3. The topological polar surface area (TPSA) is 75.7 Å². The molecule has 4 rings (SSSR count). The van der Waals surface area contributed by atoms with Crippen molar-refractivity contribution in [2.45, 2.75) is 25.4 Å². The van der Waals surface area contributed by atoms with Gasteiger partial charge in [-0.25, -0.2) is 9.29 Å². The zero-order chi connectivity index (χ0) is 20.9. The molecule has 2 saturated heterocycles. The van der Waals surface area contributed by atoms with Gasteiger partial charge in [-0.2, -0.15) is 0 Å². The van der Waals surface area contributed by atoms with E-state index in [9.17, 15) is 18.8 Å². The second-order valence-electron chi connectivity index (χ2n) is 7.69. The lowest BCUT2D eigenvalue weighted by molar-refractivity contribution is -0.151. The van der Waals surface area contributed by atoms with E-state index in [0.29, 0.717) is 0 Å². The summed E-state index contributed by atoms with van der Waals surface area (Å²) in [5, 5.41) is 3.17. The van der Waals surface area contributed by atoms with Gasteiger partial charge in [0.15, 0.2) is 0 Å². The monoisotopic (exact) mass is 396 g/mol. The van der Waals surface area contributed by atoms with Crippen molar-refractivity contribution in [3.63, 3.8) is 0 Å². The van der Waals surface area contributed by atoms with E-state index in [1.165, 1.54) is 25.3 Å². The van der Waals surface area contributed by atoms with Crippen molar-refractivity contribution in [3.8, 4) is 0 Å². The van der Waals surface area contributed by atoms with Crippen LogP contribution in [0.4, 0.5) is 10.1 Å². The van der Waals surface area contributed by atoms with Crippen LogP contribution < -0.4 is 10.2 Å². The number of para-hydroxylation sites is 1. The molecule has 2 heterocycles. The van der Waals surface area contributed by atoms with E-state index in [2.05, 4.69) is 5.32 Å². The number of anilines is 1. The van der Waals surface area contributed by atoms with Crippen LogP contribution in [-0.2, 0) is 19.1 Å². The summed E-state index contributed by atoms with van der Waals surface area (Å²) >= 11 is 0. The Kier molecular flexibility index (Phi) is 4.50. The summed E-state index contributed by atoms with van der Waals surface area (Å²) < 4.78 is 19.3. The number of halogens is 1. The highest BCUT2D eigenvalue weighted by Gasteiger charge is 2.67. The summed E-state index contributed by atoms with van der Waals surface area (Å²) in [6.07, 6.45) is 0. The summed E-state index contributed by atoms with van der Waals surface area (Å²) in [6, 6.07) is 12.5. The van der Waals surface area contributed by atoms with E-state index in [4.69, 9.17) is 4.74 Å². The van der Waals surface area contributed by atoms with Gasteiger partial charge in [0.1, 0.15) is 11.4 Å². The smallest absolute Gasteiger partial charge is 0.326 e. The molecule has 0 aliphatic carbocycles. The second kappa shape index (κ2) is 6.77. The highest BCUT2D eigenvalue weighted by atomic mass is 19.1. The lowest BCUT2D eigenvalue weighted by Crippen LogP contribution is -2.54. The Hall–Kier alpha value is -3.06. The number of ether oxygens (including phenoxy) is 1. The Balaban J connectivity index is 1.84. The largest absolute Gasteiger partial charge is 0.468 e. The molecule has 4 atom stereocenters. The molecule has 2 aliphatic heterocycles. The van der Waals surface area contributed by atoms with Crippen molar-refractivity contribution in [2.24, 2.45) is 11.8 Å². The van der Waals surface area contributed by atoms with Crippen molar-refractivity contribution in [3.05, 3.63) is 65.5 Å². The number of nitrogens with one attached hydrogen (secondary N) is 1. The Morgan fingerprint density at radius 1 is 1.10 bits per heavy atom. The molecular formula is C22H21FN2O4. The van der Waals surface area contributed by atoms with Crippen molar-refractivity contribution in [1.29, 1.82) is 0 Å². The van der Waals surface area contributed by atoms with E-state index >= 15 is 0 Å². The first kappa shape index (κ1) is 19.3. The first-order chi connectivity index (χ1) is 13.8. The average Bonchev–Trinajstić information content (AvgIpc) is 3.17. The lowest BCUT2D eigenvalue weighted by Gasteiger charge is -2.28. The molecule has 6 nitrogen and oxygen atoms in total. The van der Waals surface area contributed by atoms with Gasteiger partial charge in [0, 0.05) is 6.04 Å². The Morgan fingerprint density at radius 2 is 1.76 bits per heavy atom. The van der Waals surface area contributed by atoms with Gasteiger partial charge in [-0.1, -0.05) is 42.0 Å². The molecule has 0 saturated carbocycles. The van der Waals surface area contributed by atoms with Gasteiger partial charge >= 0.3 is 5.97 Å². The lowest BCUT2D eigenvalue weighted by atomic mass is 9.80. The summed E-state index contributed by atoms with van der Waals surface area (Å²) in [7, 11) is 1.24. The number of rotatable bonds is 3. The van der Waals surface area contributed by atoms with Crippen LogP contribution in [0.2, 0.25) is 0 Å². The van der Waals surface area contributed by atoms with Crippen LogP contribution in [0.3, 0.4) is 0 Å². The Morgan fingerprint density at radius 3 is 2.38 bits per heavy atom. The van der Waals surface area contributed by atoms with Crippen LogP contribution in [-0.4, -0.2) is 30.4 Å². The number of carbonyl (C=O) groups is 3. The molecular weight excluding hydrogens is 375 g/mol. The fourth-order valence-corrected chi connectivity index (χ4v) is 4.47. The standard InChI is InChI=1S/C22H21FN2O4/c1-12-8-10-13(11-9-12)18-16-17(22(2,24-18)21(28)29-3)20(27)25(19(16)26)15-7-5-4-6-14(15)23/h4-11,16-18,24H,1-3H3/t16-,17-,18-,22-/m0/s1. The molecule has 150 valence electrons. The minimum Gasteiger partial charge on any atom is -0.468 e. The molecule has 0 unspecified atom stereocenters. The number of methoxy groups -OCH3 is 1. The molecule has 0 bridgehead atoms. The summed E-state index contributed by atoms with van der Waals surface area (Å²) in [6.45, 7) is 3.50. The van der Waals surface area contributed by atoms with Gasteiger partial charge in [0.05, 0.1) is 24.6 Å². The number of fused-ring (bicyclic) bond motifs is 1. The number of imide groups is 1. The number of hydrogen-bond donors (Lipinski definition) is 1. The summed E-state index contributed by atoms with van der Waals surface area (Å²) in [4.78, 5) is 40.2. The van der Waals surface area contributed by atoms with E-state index < -0.39 is 47.0 Å². The fraction of sp³-hybridized carbons (Fsp3) is 0.318. The van der Waals surface area contributed by atoms with Crippen LogP contribution in [0.15, 0.2) is 48.5 Å². The molecule has 7 heteroatoms. The van der Waals surface area contributed by atoms with Gasteiger partial charge < -0.3 is 4.74 Å². The minimum atomic E-state index is -1.41. The number of esters is 1. The Bertz CT molecular complexity index is 1010. The molecule has 0 spiro atoms. The number of hydrogen-bond acceptors (Lipinski definition) is 5. The summed E-state index contributed by atoms with van der Waals surface area (Å²) in [5.74, 6) is -4.31. The number of benzene rings is 2. The van der Waals surface area contributed by atoms with Crippen molar-refractivity contribution < 1.29 is 23.5 Å². The van der Waals surface area contributed by atoms with Crippen molar-refractivity contribution in [1.82, 2.24) is 5.32 Å². The van der Waals surface area contributed by atoms with Crippen LogP contribution in [0, 0.1) is 24.6 Å². The highest BCUT2D eigenvalue weighted by Crippen LogP contribution is 2.50. The maximum Gasteiger partial charge on any atom is 0.326 e. The van der Waals surface area contributed by atoms with E-state index in [1.54, 1.807) is 13.0 Å². The summed E-state index contributed by atoms with van der Waals surface area (Å²) in [5.41, 5.74) is 0.296. The van der Waals surface area contributed by atoms with Crippen LogP contribution in [0.25, 0.3) is 0 Å². The first-order valence-electron chi connectivity index (χ1n) is 9.34. The number of aryl methyl sites for hydroxylation is 1. The molecule has 2 amide bonds. The molecule has 0 radical (unpaired) electrons. The van der Waals surface area contributed by atoms with E-state index in [1.807, 2.05) is 31.2 Å². The number of amides is 2. The third-order valence-electron chi connectivity index (χ3n) is 5.93. The molecule has 2 aromatic carbocycles. The number of carbonyl (C=O) groups excluding carboxylic acids is 3. The van der Waals surface area contributed by atoms with Gasteiger partial charge in [0.2, 0.25) is 11.8 Å². The van der Waals surface area contributed by atoms with E-state index in [-0.39, 0.29) is 5.69 Å². The quantitative estimate of drug-likeness (QED) is 0.637. The average molecular weight is 396 g/mol. The van der Waals surface area contributed by atoms with Crippen LogP contribution >= 0.6 is 0 Å².